The van der Waals surface area contributed by atoms with Crippen LogP contribution in [0, 0.1) is 5.82 Å². The van der Waals surface area contributed by atoms with Crippen molar-refractivity contribution in [2.45, 2.75) is 31.7 Å². The highest BCUT2D eigenvalue weighted by atomic mass is 19.1. The molecule has 1 aliphatic heterocycles. The van der Waals surface area contributed by atoms with Crippen LogP contribution < -0.4 is 10.6 Å². The van der Waals surface area contributed by atoms with Gasteiger partial charge in [-0.3, -0.25) is 4.79 Å². The predicted molar refractivity (Wildman–Crippen MR) is 81.9 cm³/mol. The highest BCUT2D eigenvalue weighted by molar-refractivity contribution is 5.87. The Morgan fingerprint density at radius 3 is 2.95 bits per heavy atom. The molecular weight excluding hydrogens is 285 g/mol. The van der Waals surface area contributed by atoms with Gasteiger partial charge in [0, 0.05) is 20.1 Å². The van der Waals surface area contributed by atoms with Gasteiger partial charge in [-0.05, 0) is 43.4 Å². The van der Waals surface area contributed by atoms with Crippen LogP contribution in [0.2, 0.25) is 0 Å². The van der Waals surface area contributed by atoms with Gasteiger partial charge in [0.25, 0.3) is 0 Å². The zero-order valence-corrected chi connectivity index (χ0v) is 12.8. The fourth-order valence-corrected chi connectivity index (χ4v) is 2.73. The van der Waals surface area contributed by atoms with Crippen molar-refractivity contribution >= 4 is 11.9 Å². The standard InChI is InChI=1S/C16H22FN3O2/c1-18-15(21)14-8-4-10-20(14)16(22)19-9-3-6-12-5-2-7-13(17)11-12/h2,5,7,11,14H,3-4,6,8-10H2,1H3,(H,18,21)(H,19,22)/t14-/m1/s1. The summed E-state index contributed by atoms with van der Waals surface area (Å²) in [6.45, 7) is 1.11. The van der Waals surface area contributed by atoms with Crippen LogP contribution in [0.1, 0.15) is 24.8 Å². The second kappa shape index (κ2) is 7.77. The van der Waals surface area contributed by atoms with E-state index in [9.17, 15) is 14.0 Å². The Labute approximate surface area is 129 Å². The zero-order valence-electron chi connectivity index (χ0n) is 12.8. The molecule has 1 saturated heterocycles. The average molecular weight is 307 g/mol. The zero-order chi connectivity index (χ0) is 15.9. The summed E-state index contributed by atoms with van der Waals surface area (Å²) in [5.74, 6) is -0.362. The summed E-state index contributed by atoms with van der Waals surface area (Å²) in [6.07, 6.45) is 2.98. The van der Waals surface area contributed by atoms with Crippen LogP contribution in [0.25, 0.3) is 0 Å². The summed E-state index contributed by atoms with van der Waals surface area (Å²) < 4.78 is 13.0. The Morgan fingerprint density at radius 1 is 1.41 bits per heavy atom. The van der Waals surface area contributed by atoms with Crippen molar-refractivity contribution < 1.29 is 14.0 Å². The van der Waals surface area contributed by atoms with Gasteiger partial charge in [0.05, 0.1) is 0 Å². The molecule has 0 saturated carbocycles. The van der Waals surface area contributed by atoms with Crippen molar-refractivity contribution in [2.75, 3.05) is 20.1 Å². The molecule has 5 nitrogen and oxygen atoms in total. The fraction of sp³-hybridized carbons (Fsp3) is 0.500. The molecule has 120 valence electrons. The number of likely N-dealkylation sites (N-methyl/N-ethyl adjacent to an activating group) is 1. The number of likely N-dealkylation sites (tertiary alicyclic amines) is 1. The number of benzene rings is 1. The monoisotopic (exact) mass is 307 g/mol. The molecule has 0 aromatic heterocycles. The van der Waals surface area contributed by atoms with E-state index in [1.54, 1.807) is 18.0 Å². The first kappa shape index (κ1) is 16.3. The number of aryl methyl sites for hydroxylation is 1. The van der Waals surface area contributed by atoms with Crippen molar-refractivity contribution in [3.05, 3.63) is 35.6 Å². The van der Waals surface area contributed by atoms with Crippen molar-refractivity contribution in [1.82, 2.24) is 15.5 Å². The summed E-state index contributed by atoms with van der Waals surface area (Å²) in [7, 11) is 1.58. The van der Waals surface area contributed by atoms with Crippen LogP contribution in [0.15, 0.2) is 24.3 Å². The second-order valence-electron chi connectivity index (χ2n) is 5.43. The first-order chi connectivity index (χ1) is 10.6. The van der Waals surface area contributed by atoms with Gasteiger partial charge in [-0.1, -0.05) is 12.1 Å². The van der Waals surface area contributed by atoms with E-state index in [-0.39, 0.29) is 23.8 Å². The van der Waals surface area contributed by atoms with Crippen molar-refractivity contribution in [1.29, 1.82) is 0 Å². The summed E-state index contributed by atoms with van der Waals surface area (Å²) in [6, 6.07) is 5.90. The van der Waals surface area contributed by atoms with E-state index in [0.717, 1.165) is 18.4 Å². The van der Waals surface area contributed by atoms with E-state index < -0.39 is 0 Å². The minimum absolute atomic E-state index is 0.118. The molecule has 1 aromatic rings. The molecule has 22 heavy (non-hydrogen) atoms. The van der Waals surface area contributed by atoms with Gasteiger partial charge >= 0.3 is 6.03 Å². The minimum Gasteiger partial charge on any atom is -0.357 e. The number of carbonyl (C=O) groups is 2. The number of carbonyl (C=O) groups excluding carboxylic acids is 2. The van der Waals surface area contributed by atoms with Crippen LogP contribution >= 0.6 is 0 Å². The number of nitrogens with zero attached hydrogens (tertiary/aromatic N) is 1. The molecule has 2 N–H and O–H groups in total. The molecule has 1 heterocycles. The van der Waals surface area contributed by atoms with Crippen LogP contribution in [-0.2, 0) is 11.2 Å². The average Bonchev–Trinajstić information content (AvgIpc) is 3.00. The maximum absolute atomic E-state index is 13.0. The molecule has 1 aliphatic rings. The second-order valence-corrected chi connectivity index (χ2v) is 5.43. The molecule has 1 atom stereocenters. The molecule has 3 amide bonds. The number of nitrogens with one attached hydrogen (secondary N) is 2. The van der Waals surface area contributed by atoms with E-state index in [1.165, 1.54) is 12.1 Å². The number of hydrogen-bond acceptors (Lipinski definition) is 2. The molecule has 1 aromatic carbocycles. The molecule has 0 bridgehead atoms. The first-order valence-corrected chi connectivity index (χ1v) is 7.62. The molecule has 0 spiro atoms. The lowest BCUT2D eigenvalue weighted by Crippen LogP contribution is -2.49. The number of halogens is 1. The highest BCUT2D eigenvalue weighted by Gasteiger charge is 2.33. The van der Waals surface area contributed by atoms with E-state index in [0.29, 0.717) is 25.9 Å². The first-order valence-electron chi connectivity index (χ1n) is 7.62. The number of amides is 3. The molecule has 1 fully saturated rings. The maximum Gasteiger partial charge on any atom is 0.318 e. The van der Waals surface area contributed by atoms with Gasteiger partial charge in [-0.2, -0.15) is 0 Å². The highest BCUT2D eigenvalue weighted by Crippen LogP contribution is 2.17. The molecule has 0 radical (unpaired) electrons. The van der Waals surface area contributed by atoms with Crippen LogP contribution in [0.3, 0.4) is 0 Å². The van der Waals surface area contributed by atoms with Gasteiger partial charge in [-0.15, -0.1) is 0 Å². The van der Waals surface area contributed by atoms with Gasteiger partial charge in [0.2, 0.25) is 5.91 Å². The lowest BCUT2D eigenvalue weighted by Gasteiger charge is -2.23. The molecule has 0 unspecified atom stereocenters. The van der Waals surface area contributed by atoms with Crippen molar-refractivity contribution in [3.8, 4) is 0 Å². The van der Waals surface area contributed by atoms with Crippen molar-refractivity contribution in [2.24, 2.45) is 0 Å². The lowest BCUT2D eigenvalue weighted by molar-refractivity contribution is -0.124. The van der Waals surface area contributed by atoms with Gasteiger partial charge < -0.3 is 15.5 Å². The van der Waals surface area contributed by atoms with E-state index in [4.69, 9.17) is 0 Å². The van der Waals surface area contributed by atoms with Crippen LogP contribution in [-0.4, -0.2) is 43.0 Å². The fourth-order valence-electron chi connectivity index (χ4n) is 2.73. The third-order valence-corrected chi connectivity index (χ3v) is 3.87. The Morgan fingerprint density at radius 2 is 2.23 bits per heavy atom. The SMILES string of the molecule is CNC(=O)[C@H]1CCCN1C(=O)NCCCc1cccc(F)c1. The van der Waals surface area contributed by atoms with E-state index in [2.05, 4.69) is 10.6 Å². The van der Waals surface area contributed by atoms with Crippen LogP contribution in [0.5, 0.6) is 0 Å². The Bertz CT molecular complexity index is 536. The number of urea groups is 1. The summed E-state index contributed by atoms with van der Waals surface area (Å²) >= 11 is 0. The lowest BCUT2D eigenvalue weighted by atomic mass is 10.1. The maximum atomic E-state index is 13.0. The number of hydrogen-bond donors (Lipinski definition) is 2. The predicted octanol–water partition coefficient (Wildman–Crippen LogP) is 1.68. The Kier molecular flexibility index (Phi) is 5.75. The molecular formula is C16H22FN3O2. The normalized spacial score (nSPS) is 17.4. The topological polar surface area (TPSA) is 61.4 Å². The van der Waals surface area contributed by atoms with Crippen molar-refractivity contribution in [3.63, 3.8) is 0 Å². The summed E-state index contributed by atoms with van der Waals surface area (Å²) in [4.78, 5) is 25.4. The number of rotatable bonds is 5. The Hall–Kier alpha value is -2.11. The van der Waals surface area contributed by atoms with Gasteiger partial charge in [0.15, 0.2) is 0 Å². The molecule has 2 rings (SSSR count). The summed E-state index contributed by atoms with van der Waals surface area (Å²) in [5.41, 5.74) is 0.915. The molecule has 0 aliphatic carbocycles. The third-order valence-electron chi connectivity index (χ3n) is 3.87. The third kappa shape index (κ3) is 4.19. The molecule has 6 heteroatoms. The van der Waals surface area contributed by atoms with Gasteiger partial charge in [-0.25, -0.2) is 9.18 Å². The van der Waals surface area contributed by atoms with E-state index >= 15 is 0 Å². The minimum atomic E-state index is -0.367. The quantitative estimate of drug-likeness (QED) is 0.813. The van der Waals surface area contributed by atoms with E-state index in [1.807, 2.05) is 6.07 Å². The largest absolute Gasteiger partial charge is 0.357 e. The van der Waals surface area contributed by atoms with Gasteiger partial charge in [0.1, 0.15) is 11.9 Å². The smallest absolute Gasteiger partial charge is 0.318 e. The Balaban J connectivity index is 1.74. The van der Waals surface area contributed by atoms with Crippen LogP contribution in [0.4, 0.5) is 9.18 Å². The summed E-state index contributed by atoms with van der Waals surface area (Å²) in [5, 5.41) is 5.42.